The summed E-state index contributed by atoms with van der Waals surface area (Å²) in [5.74, 6) is 0.669. The molecular formula is C17H31F2N3O. The van der Waals surface area contributed by atoms with Crippen LogP contribution in [0.3, 0.4) is 0 Å². The average Bonchev–Trinajstić information content (AvgIpc) is 2.45. The Morgan fingerprint density at radius 3 is 2.17 bits per heavy atom. The Morgan fingerprint density at radius 2 is 1.70 bits per heavy atom. The first-order chi connectivity index (χ1) is 10.7. The lowest BCUT2D eigenvalue weighted by Crippen LogP contribution is -2.60. The van der Waals surface area contributed by atoms with Crippen LogP contribution in [0.25, 0.3) is 0 Å². The van der Waals surface area contributed by atoms with Crippen LogP contribution in [-0.4, -0.2) is 72.0 Å². The highest BCUT2D eigenvalue weighted by Crippen LogP contribution is 2.29. The normalized spacial score (nSPS) is 24.6. The van der Waals surface area contributed by atoms with Crippen molar-refractivity contribution in [3.8, 4) is 0 Å². The fraction of sp³-hybridized carbons (Fsp3) is 0.941. The quantitative estimate of drug-likeness (QED) is 0.741. The number of alkyl halides is 2. The van der Waals surface area contributed by atoms with Gasteiger partial charge >= 0.3 is 6.05 Å². The van der Waals surface area contributed by atoms with Crippen molar-refractivity contribution in [2.24, 2.45) is 11.8 Å². The van der Waals surface area contributed by atoms with Crippen LogP contribution in [0.4, 0.5) is 8.78 Å². The van der Waals surface area contributed by atoms with Crippen LogP contribution < -0.4 is 0 Å². The lowest BCUT2D eigenvalue weighted by molar-refractivity contribution is -0.197. The first-order valence-electron chi connectivity index (χ1n) is 8.86. The second-order valence-electron chi connectivity index (χ2n) is 7.61. The molecule has 2 saturated heterocycles. The minimum atomic E-state index is -2.74. The molecule has 2 aliphatic rings. The minimum Gasteiger partial charge on any atom is -0.342 e. The first-order valence-corrected chi connectivity index (χ1v) is 8.86. The molecule has 0 aromatic rings. The Balaban J connectivity index is 1.80. The van der Waals surface area contributed by atoms with E-state index >= 15 is 0 Å². The van der Waals surface area contributed by atoms with Gasteiger partial charge in [0, 0.05) is 44.7 Å². The zero-order chi connectivity index (χ0) is 17.2. The molecular weight excluding hydrogens is 300 g/mol. The fourth-order valence-electron chi connectivity index (χ4n) is 3.71. The van der Waals surface area contributed by atoms with E-state index < -0.39 is 6.05 Å². The Hall–Kier alpha value is -0.750. The summed E-state index contributed by atoms with van der Waals surface area (Å²) in [6.07, 6.45) is 1.85. The molecule has 2 fully saturated rings. The Morgan fingerprint density at radius 1 is 1.09 bits per heavy atom. The highest BCUT2D eigenvalue weighted by atomic mass is 19.3. The number of amides is 1. The molecule has 4 nitrogen and oxygen atoms in total. The number of carbonyl (C=O) groups excluding carboxylic acids is 1. The highest BCUT2D eigenvalue weighted by molar-refractivity contribution is 5.78. The predicted octanol–water partition coefficient (Wildman–Crippen LogP) is 2.50. The summed E-state index contributed by atoms with van der Waals surface area (Å²) in [7, 11) is 0. The number of halogens is 2. The summed E-state index contributed by atoms with van der Waals surface area (Å²) in [6.45, 7) is 10.7. The van der Waals surface area contributed by atoms with Crippen molar-refractivity contribution in [3.63, 3.8) is 0 Å². The average molecular weight is 331 g/mol. The maximum atomic E-state index is 14.2. The number of likely N-dealkylation sites (tertiary alicyclic amines) is 1. The molecule has 0 atom stereocenters. The standard InChI is InChI=1S/C17H31F2N3O/c1-13(2)16(23)21-7-5-15(6-8-21)11-20-9-10-22(14(3)4)17(18,19)12-20/h13-15H,5-12H2,1-4H3. The number of rotatable bonds is 4. The van der Waals surface area contributed by atoms with Crippen molar-refractivity contribution in [1.82, 2.24) is 14.7 Å². The van der Waals surface area contributed by atoms with Gasteiger partial charge in [-0.15, -0.1) is 0 Å². The predicted molar refractivity (Wildman–Crippen MR) is 87.4 cm³/mol. The summed E-state index contributed by atoms with van der Waals surface area (Å²) in [5, 5.41) is 0. The molecule has 0 bridgehead atoms. The van der Waals surface area contributed by atoms with Gasteiger partial charge in [-0.3, -0.25) is 9.69 Å². The van der Waals surface area contributed by atoms with E-state index in [1.54, 1.807) is 0 Å². The minimum absolute atomic E-state index is 0.0364. The summed E-state index contributed by atoms with van der Waals surface area (Å²) in [4.78, 5) is 17.1. The lowest BCUT2D eigenvalue weighted by atomic mass is 9.95. The third-order valence-corrected chi connectivity index (χ3v) is 5.05. The number of piperazine rings is 1. The van der Waals surface area contributed by atoms with Crippen LogP contribution in [-0.2, 0) is 4.79 Å². The van der Waals surface area contributed by atoms with Crippen molar-refractivity contribution in [1.29, 1.82) is 0 Å². The molecule has 23 heavy (non-hydrogen) atoms. The van der Waals surface area contributed by atoms with Gasteiger partial charge in [0.2, 0.25) is 5.91 Å². The summed E-state index contributed by atoms with van der Waals surface area (Å²) in [5.41, 5.74) is 0. The zero-order valence-electron chi connectivity index (χ0n) is 14.9. The van der Waals surface area contributed by atoms with Gasteiger partial charge in [-0.1, -0.05) is 13.8 Å². The third-order valence-electron chi connectivity index (χ3n) is 5.05. The van der Waals surface area contributed by atoms with E-state index in [9.17, 15) is 13.6 Å². The molecule has 2 rings (SSSR count). The van der Waals surface area contributed by atoms with E-state index in [0.29, 0.717) is 19.0 Å². The largest absolute Gasteiger partial charge is 0.342 e. The van der Waals surface area contributed by atoms with Gasteiger partial charge in [-0.25, -0.2) is 4.90 Å². The second kappa shape index (κ2) is 7.43. The lowest BCUT2D eigenvalue weighted by Gasteiger charge is -2.44. The Kier molecular flexibility index (Phi) is 6.00. The van der Waals surface area contributed by atoms with Crippen LogP contribution in [0.5, 0.6) is 0 Å². The molecule has 2 aliphatic heterocycles. The maximum Gasteiger partial charge on any atom is 0.317 e. The molecule has 0 spiro atoms. The molecule has 0 radical (unpaired) electrons. The van der Waals surface area contributed by atoms with E-state index in [0.717, 1.165) is 32.5 Å². The number of carbonyl (C=O) groups is 1. The number of piperidine rings is 1. The van der Waals surface area contributed by atoms with Gasteiger partial charge in [-0.05, 0) is 32.6 Å². The van der Waals surface area contributed by atoms with Crippen molar-refractivity contribution < 1.29 is 13.6 Å². The molecule has 134 valence electrons. The molecule has 0 unspecified atom stereocenters. The van der Waals surface area contributed by atoms with E-state index in [2.05, 4.69) is 0 Å². The van der Waals surface area contributed by atoms with Crippen LogP contribution in [0.15, 0.2) is 0 Å². The van der Waals surface area contributed by atoms with Crippen LogP contribution in [0, 0.1) is 11.8 Å². The molecule has 0 saturated carbocycles. The first kappa shape index (κ1) is 18.6. The van der Waals surface area contributed by atoms with E-state index in [4.69, 9.17) is 0 Å². The van der Waals surface area contributed by atoms with Crippen molar-refractivity contribution >= 4 is 5.91 Å². The topological polar surface area (TPSA) is 26.8 Å². The molecule has 0 N–H and O–H groups in total. The Labute approximate surface area is 138 Å². The van der Waals surface area contributed by atoms with E-state index in [1.165, 1.54) is 4.90 Å². The van der Waals surface area contributed by atoms with Gasteiger partial charge in [0.1, 0.15) is 0 Å². The van der Waals surface area contributed by atoms with Gasteiger partial charge in [0.25, 0.3) is 0 Å². The summed E-state index contributed by atoms with van der Waals surface area (Å²) in [6, 6.07) is -2.86. The van der Waals surface area contributed by atoms with Crippen LogP contribution in [0.1, 0.15) is 40.5 Å². The SMILES string of the molecule is CC(C)C(=O)N1CCC(CN2CCN(C(C)C)C(F)(F)C2)CC1. The Bertz CT molecular complexity index is 407. The monoisotopic (exact) mass is 331 g/mol. The second-order valence-corrected chi connectivity index (χ2v) is 7.61. The highest BCUT2D eigenvalue weighted by Gasteiger charge is 2.44. The number of nitrogens with zero attached hydrogens (tertiary/aromatic N) is 3. The molecule has 1 amide bonds. The van der Waals surface area contributed by atoms with Gasteiger partial charge in [0.15, 0.2) is 0 Å². The van der Waals surface area contributed by atoms with Gasteiger partial charge < -0.3 is 4.90 Å². The maximum absolute atomic E-state index is 14.2. The van der Waals surface area contributed by atoms with Crippen molar-refractivity contribution in [2.75, 3.05) is 39.3 Å². The number of hydrogen-bond donors (Lipinski definition) is 0. The molecule has 2 heterocycles. The third kappa shape index (κ3) is 4.63. The van der Waals surface area contributed by atoms with Crippen molar-refractivity contribution in [3.05, 3.63) is 0 Å². The summed E-state index contributed by atoms with van der Waals surface area (Å²) >= 11 is 0. The zero-order valence-corrected chi connectivity index (χ0v) is 14.9. The van der Waals surface area contributed by atoms with Crippen LogP contribution >= 0.6 is 0 Å². The van der Waals surface area contributed by atoms with Crippen molar-refractivity contribution in [2.45, 2.75) is 52.6 Å². The number of hydrogen-bond acceptors (Lipinski definition) is 3. The van der Waals surface area contributed by atoms with Crippen LogP contribution in [0.2, 0.25) is 0 Å². The van der Waals surface area contributed by atoms with E-state index in [1.807, 2.05) is 37.5 Å². The molecule has 0 aliphatic carbocycles. The fourth-order valence-corrected chi connectivity index (χ4v) is 3.71. The van der Waals surface area contributed by atoms with E-state index in [-0.39, 0.29) is 24.4 Å². The molecule has 6 heteroatoms. The molecule has 0 aromatic carbocycles. The smallest absolute Gasteiger partial charge is 0.317 e. The van der Waals surface area contributed by atoms with Gasteiger partial charge in [-0.2, -0.15) is 8.78 Å². The summed E-state index contributed by atoms with van der Waals surface area (Å²) < 4.78 is 28.4. The molecule has 0 aromatic heterocycles. The van der Waals surface area contributed by atoms with Gasteiger partial charge in [0.05, 0.1) is 6.54 Å².